The summed E-state index contributed by atoms with van der Waals surface area (Å²) in [5, 5.41) is 22.6. The fourth-order valence-electron chi connectivity index (χ4n) is 1.31. The Kier molecular flexibility index (Phi) is 2.82. The van der Waals surface area contributed by atoms with E-state index in [0.717, 1.165) is 9.46 Å². The lowest BCUT2D eigenvalue weighted by molar-refractivity contribution is -0.608. The monoisotopic (exact) mass is 214 g/mol. The van der Waals surface area contributed by atoms with Gasteiger partial charge in [-0.1, -0.05) is 0 Å². The van der Waals surface area contributed by atoms with Gasteiger partial charge in [0.05, 0.1) is 0 Å². The lowest BCUT2D eigenvalue weighted by Gasteiger charge is -1.99. The molecule has 0 N–H and O–H groups in total. The minimum atomic E-state index is 0.492. The fourth-order valence-corrected chi connectivity index (χ4v) is 1.31. The van der Waals surface area contributed by atoms with Crippen molar-refractivity contribution in [2.45, 2.75) is 0 Å². The van der Waals surface area contributed by atoms with Crippen LogP contribution in [0.25, 0.3) is 12.2 Å². The van der Waals surface area contributed by atoms with E-state index in [0.29, 0.717) is 11.4 Å². The number of hydrogen-bond donors (Lipinski definition) is 0. The lowest BCUT2D eigenvalue weighted by Crippen LogP contribution is -2.30. The Labute approximate surface area is 92.9 Å². The van der Waals surface area contributed by atoms with Crippen molar-refractivity contribution in [1.29, 1.82) is 0 Å². The summed E-state index contributed by atoms with van der Waals surface area (Å²) in [6.45, 7) is 0. The van der Waals surface area contributed by atoms with Crippen LogP contribution in [0.15, 0.2) is 48.8 Å². The second-order valence-electron chi connectivity index (χ2n) is 3.24. The Morgan fingerprint density at radius 1 is 0.750 bits per heavy atom. The van der Waals surface area contributed by atoms with Crippen molar-refractivity contribution in [1.82, 2.24) is 0 Å². The standard InChI is InChI=1S/C12H10N2O2/c15-13-9-3-1-5-11(13)7-8-12-6-2-4-10-14(12)16/h1-10H/b8-7+. The van der Waals surface area contributed by atoms with E-state index in [1.165, 1.54) is 12.4 Å². The minimum Gasteiger partial charge on any atom is -0.618 e. The molecule has 4 nitrogen and oxygen atoms in total. The molecule has 0 radical (unpaired) electrons. The highest BCUT2D eigenvalue weighted by Gasteiger charge is 2.01. The van der Waals surface area contributed by atoms with Crippen molar-refractivity contribution < 1.29 is 9.46 Å². The Morgan fingerprint density at radius 3 is 1.56 bits per heavy atom. The highest BCUT2D eigenvalue weighted by atomic mass is 16.5. The number of rotatable bonds is 2. The maximum atomic E-state index is 11.3. The zero-order valence-electron chi connectivity index (χ0n) is 8.48. The molecular weight excluding hydrogens is 204 g/mol. The predicted octanol–water partition coefficient (Wildman–Crippen LogP) is 1.12. The van der Waals surface area contributed by atoms with Crippen LogP contribution in [0.5, 0.6) is 0 Å². The Hall–Kier alpha value is -2.36. The molecule has 0 atom stereocenters. The average Bonchev–Trinajstić information content (AvgIpc) is 2.30. The highest BCUT2D eigenvalue weighted by molar-refractivity contribution is 5.63. The molecule has 0 aliphatic rings. The van der Waals surface area contributed by atoms with Crippen molar-refractivity contribution in [2.75, 3.05) is 0 Å². The number of hydrogen-bond acceptors (Lipinski definition) is 2. The average molecular weight is 214 g/mol. The molecule has 2 aromatic heterocycles. The van der Waals surface area contributed by atoms with Crippen molar-refractivity contribution in [3.63, 3.8) is 0 Å². The van der Waals surface area contributed by atoms with Gasteiger partial charge >= 0.3 is 0 Å². The van der Waals surface area contributed by atoms with Gasteiger partial charge in [0.25, 0.3) is 0 Å². The third-order valence-corrected chi connectivity index (χ3v) is 2.13. The largest absolute Gasteiger partial charge is 0.618 e. The van der Waals surface area contributed by atoms with E-state index in [9.17, 15) is 10.4 Å². The molecule has 2 aromatic rings. The second kappa shape index (κ2) is 4.44. The van der Waals surface area contributed by atoms with Gasteiger partial charge in [0, 0.05) is 36.4 Å². The summed E-state index contributed by atoms with van der Waals surface area (Å²) in [5.74, 6) is 0. The Morgan fingerprint density at radius 2 is 1.19 bits per heavy atom. The molecule has 2 heterocycles. The van der Waals surface area contributed by atoms with Crippen LogP contribution in [0.4, 0.5) is 0 Å². The van der Waals surface area contributed by atoms with Gasteiger partial charge in [-0.15, -0.1) is 0 Å². The molecule has 0 amide bonds. The van der Waals surface area contributed by atoms with E-state index in [1.807, 2.05) is 0 Å². The molecule has 0 aliphatic carbocycles. The number of nitrogens with zero attached hydrogens (tertiary/aromatic N) is 2. The van der Waals surface area contributed by atoms with E-state index < -0.39 is 0 Å². The van der Waals surface area contributed by atoms with Crippen LogP contribution in [0, 0.1) is 10.4 Å². The molecular formula is C12H10N2O2. The summed E-state index contributed by atoms with van der Waals surface area (Å²) < 4.78 is 1.49. The molecule has 0 aromatic carbocycles. The van der Waals surface area contributed by atoms with Crippen LogP contribution in [-0.4, -0.2) is 0 Å². The van der Waals surface area contributed by atoms with Crippen LogP contribution >= 0.6 is 0 Å². The molecule has 0 saturated carbocycles. The van der Waals surface area contributed by atoms with Gasteiger partial charge in [0.15, 0.2) is 12.4 Å². The summed E-state index contributed by atoms with van der Waals surface area (Å²) in [6.07, 6.45) is 6.04. The SMILES string of the molecule is [O-][n+]1ccccc1/C=C/c1cccc[n+]1[O-]. The number of pyridine rings is 2. The van der Waals surface area contributed by atoms with Crippen molar-refractivity contribution in [2.24, 2.45) is 0 Å². The molecule has 0 spiro atoms. The molecule has 16 heavy (non-hydrogen) atoms. The first kappa shape index (κ1) is 10.2. The number of aromatic nitrogens is 2. The molecule has 80 valence electrons. The van der Waals surface area contributed by atoms with Crippen molar-refractivity contribution >= 4 is 12.2 Å². The molecule has 0 fully saturated rings. The van der Waals surface area contributed by atoms with Crippen LogP contribution < -0.4 is 9.46 Å². The topological polar surface area (TPSA) is 53.9 Å². The normalized spacial score (nSPS) is 10.8. The molecule has 0 unspecified atom stereocenters. The minimum absolute atomic E-state index is 0.492. The first-order chi connectivity index (χ1) is 7.77. The summed E-state index contributed by atoms with van der Waals surface area (Å²) >= 11 is 0. The summed E-state index contributed by atoms with van der Waals surface area (Å²) in [5.41, 5.74) is 0.984. The maximum Gasteiger partial charge on any atom is 0.216 e. The third-order valence-electron chi connectivity index (χ3n) is 2.13. The van der Waals surface area contributed by atoms with Gasteiger partial charge in [-0.2, -0.15) is 9.46 Å². The predicted molar refractivity (Wildman–Crippen MR) is 59.7 cm³/mol. The van der Waals surface area contributed by atoms with Gasteiger partial charge in [-0.3, -0.25) is 0 Å². The molecule has 0 aliphatic heterocycles. The van der Waals surface area contributed by atoms with E-state index >= 15 is 0 Å². The molecule has 0 saturated heterocycles. The zero-order valence-corrected chi connectivity index (χ0v) is 8.48. The molecule has 0 bridgehead atoms. The molecule has 4 heteroatoms. The molecule has 2 rings (SSSR count). The van der Waals surface area contributed by atoms with Crippen LogP contribution in [0.1, 0.15) is 11.4 Å². The third kappa shape index (κ3) is 2.17. The Bertz CT molecular complexity index is 476. The zero-order chi connectivity index (χ0) is 11.4. The van der Waals surface area contributed by atoms with Crippen molar-refractivity contribution in [3.05, 3.63) is 70.6 Å². The van der Waals surface area contributed by atoms with E-state index in [1.54, 1.807) is 48.6 Å². The van der Waals surface area contributed by atoms with Crippen LogP contribution in [-0.2, 0) is 0 Å². The van der Waals surface area contributed by atoms with Gasteiger partial charge in [-0.05, 0) is 12.1 Å². The van der Waals surface area contributed by atoms with Crippen LogP contribution in [0.3, 0.4) is 0 Å². The van der Waals surface area contributed by atoms with Gasteiger partial charge < -0.3 is 10.4 Å². The Balaban J connectivity index is 2.29. The van der Waals surface area contributed by atoms with E-state index in [4.69, 9.17) is 0 Å². The first-order valence-corrected chi connectivity index (χ1v) is 4.82. The van der Waals surface area contributed by atoms with E-state index in [-0.39, 0.29) is 0 Å². The van der Waals surface area contributed by atoms with Crippen molar-refractivity contribution in [3.8, 4) is 0 Å². The van der Waals surface area contributed by atoms with Gasteiger partial charge in [-0.25, -0.2) is 0 Å². The van der Waals surface area contributed by atoms with Crippen LogP contribution in [0.2, 0.25) is 0 Å². The second-order valence-corrected chi connectivity index (χ2v) is 3.24. The van der Waals surface area contributed by atoms with Gasteiger partial charge in [0.1, 0.15) is 0 Å². The van der Waals surface area contributed by atoms with E-state index in [2.05, 4.69) is 0 Å². The summed E-state index contributed by atoms with van der Waals surface area (Å²) in [4.78, 5) is 0. The van der Waals surface area contributed by atoms with Gasteiger partial charge in [0.2, 0.25) is 11.4 Å². The summed E-state index contributed by atoms with van der Waals surface area (Å²) in [6, 6.07) is 10.2. The smallest absolute Gasteiger partial charge is 0.216 e. The fraction of sp³-hybridized carbons (Fsp3) is 0. The quantitative estimate of drug-likeness (QED) is 0.555. The first-order valence-electron chi connectivity index (χ1n) is 4.82. The summed E-state index contributed by atoms with van der Waals surface area (Å²) in [7, 11) is 0. The maximum absolute atomic E-state index is 11.3. The highest BCUT2D eigenvalue weighted by Crippen LogP contribution is 2.00. The lowest BCUT2D eigenvalue weighted by atomic mass is 10.3.